The Bertz CT molecular complexity index is 855. The highest BCUT2D eigenvalue weighted by Gasteiger charge is 2.10. The molecule has 6 heteroatoms. The van der Waals surface area contributed by atoms with Gasteiger partial charge in [-0.2, -0.15) is 5.26 Å². The molecule has 1 amide bonds. The van der Waals surface area contributed by atoms with E-state index in [2.05, 4.69) is 5.32 Å². The van der Waals surface area contributed by atoms with Crippen molar-refractivity contribution in [2.75, 3.05) is 13.7 Å². The second-order valence-corrected chi connectivity index (χ2v) is 6.19. The number of halogens is 1. The second-order valence-electron chi connectivity index (χ2n) is 5.75. The molecule has 0 aliphatic heterocycles. The van der Waals surface area contributed by atoms with Crippen molar-refractivity contribution in [3.8, 4) is 17.6 Å². The smallest absolute Gasteiger partial charge is 0.261 e. The summed E-state index contributed by atoms with van der Waals surface area (Å²) in [5, 5.41) is 12.6. The fourth-order valence-corrected chi connectivity index (χ4v) is 2.41. The van der Waals surface area contributed by atoms with Crippen molar-refractivity contribution in [2.45, 2.75) is 20.0 Å². The lowest BCUT2D eigenvalue weighted by molar-refractivity contribution is -0.117. The van der Waals surface area contributed by atoms with Crippen LogP contribution in [0.15, 0.2) is 48.0 Å². The molecule has 0 aromatic heterocycles. The lowest BCUT2D eigenvalue weighted by Crippen LogP contribution is -2.25. The van der Waals surface area contributed by atoms with Gasteiger partial charge in [0.05, 0.1) is 7.11 Å². The maximum atomic E-state index is 12.0. The van der Waals surface area contributed by atoms with Crippen LogP contribution in [0.25, 0.3) is 6.08 Å². The fraction of sp³-hybridized carbons (Fsp3) is 0.238. The Morgan fingerprint density at radius 3 is 2.59 bits per heavy atom. The zero-order valence-corrected chi connectivity index (χ0v) is 16.0. The molecule has 0 unspecified atom stereocenters. The predicted octanol–water partition coefficient (Wildman–Crippen LogP) is 4.36. The Labute approximate surface area is 164 Å². The molecule has 0 heterocycles. The molecule has 2 rings (SSSR count). The second kappa shape index (κ2) is 10.2. The summed E-state index contributed by atoms with van der Waals surface area (Å²) in [6.07, 6.45) is 2.33. The largest absolute Gasteiger partial charge is 0.493 e. The van der Waals surface area contributed by atoms with Crippen LogP contribution in [0.4, 0.5) is 0 Å². The minimum atomic E-state index is -0.388. The van der Waals surface area contributed by atoms with Gasteiger partial charge in [0, 0.05) is 11.6 Å². The average molecular weight is 385 g/mol. The van der Waals surface area contributed by atoms with Crippen molar-refractivity contribution in [2.24, 2.45) is 0 Å². The topological polar surface area (TPSA) is 71.4 Å². The Hall–Kier alpha value is -2.97. The summed E-state index contributed by atoms with van der Waals surface area (Å²) in [6.45, 7) is 2.84. The molecule has 2 aromatic rings. The summed E-state index contributed by atoms with van der Waals surface area (Å²) in [4.78, 5) is 12.0. The number of nitrogens with zero attached hydrogens (tertiary/aromatic N) is 1. The number of methoxy groups -OCH3 is 1. The van der Waals surface area contributed by atoms with Crippen molar-refractivity contribution < 1.29 is 14.3 Å². The van der Waals surface area contributed by atoms with Crippen molar-refractivity contribution in [1.29, 1.82) is 5.26 Å². The summed E-state index contributed by atoms with van der Waals surface area (Å²) < 4.78 is 11.2. The molecule has 0 saturated carbocycles. The highest BCUT2D eigenvalue weighted by Crippen LogP contribution is 2.29. The molecule has 0 fully saturated rings. The van der Waals surface area contributed by atoms with Gasteiger partial charge in [-0.25, -0.2) is 0 Å². The Balaban J connectivity index is 2.14. The molecule has 0 saturated heterocycles. The van der Waals surface area contributed by atoms with E-state index in [1.165, 1.54) is 13.2 Å². The molecule has 0 radical (unpaired) electrons. The standard InChI is InChI=1S/C21H21ClN2O3/c1-3-10-24-21(25)17(13-23)11-16-6-9-19(20(12-16)26-2)27-14-15-4-7-18(22)8-5-15/h4-9,11-12H,3,10,14H2,1-2H3,(H,24,25)/b17-11+. The van der Waals surface area contributed by atoms with Gasteiger partial charge < -0.3 is 14.8 Å². The Kier molecular flexibility index (Phi) is 7.72. The van der Waals surface area contributed by atoms with Crippen LogP contribution in [-0.2, 0) is 11.4 Å². The number of amides is 1. The maximum Gasteiger partial charge on any atom is 0.261 e. The molecule has 27 heavy (non-hydrogen) atoms. The first-order chi connectivity index (χ1) is 13.1. The van der Waals surface area contributed by atoms with Gasteiger partial charge in [0.2, 0.25) is 0 Å². The summed E-state index contributed by atoms with van der Waals surface area (Å²) in [6, 6.07) is 14.6. The van der Waals surface area contributed by atoms with E-state index in [1.807, 2.05) is 25.1 Å². The average Bonchev–Trinajstić information content (AvgIpc) is 2.70. The third-order valence-corrected chi connectivity index (χ3v) is 3.96. The first kappa shape index (κ1) is 20.3. The summed E-state index contributed by atoms with van der Waals surface area (Å²) in [5.74, 6) is 0.698. The van der Waals surface area contributed by atoms with E-state index in [1.54, 1.807) is 30.3 Å². The van der Waals surface area contributed by atoms with Crippen LogP contribution in [0.3, 0.4) is 0 Å². The van der Waals surface area contributed by atoms with Gasteiger partial charge >= 0.3 is 0 Å². The first-order valence-electron chi connectivity index (χ1n) is 8.52. The molecule has 5 nitrogen and oxygen atoms in total. The van der Waals surface area contributed by atoms with Crippen LogP contribution < -0.4 is 14.8 Å². The third kappa shape index (κ3) is 6.05. The zero-order chi connectivity index (χ0) is 19.6. The Morgan fingerprint density at radius 1 is 1.22 bits per heavy atom. The number of carbonyl (C=O) groups excluding carboxylic acids is 1. The third-order valence-electron chi connectivity index (χ3n) is 3.71. The van der Waals surface area contributed by atoms with Gasteiger partial charge in [-0.05, 0) is 47.9 Å². The molecule has 0 aliphatic carbocycles. The zero-order valence-electron chi connectivity index (χ0n) is 15.3. The van der Waals surface area contributed by atoms with E-state index in [0.29, 0.717) is 35.2 Å². The Morgan fingerprint density at radius 2 is 1.96 bits per heavy atom. The summed E-state index contributed by atoms with van der Waals surface area (Å²) in [5.41, 5.74) is 1.69. The highest BCUT2D eigenvalue weighted by atomic mass is 35.5. The van der Waals surface area contributed by atoms with Gasteiger partial charge in [0.1, 0.15) is 18.2 Å². The van der Waals surface area contributed by atoms with Crippen molar-refractivity contribution >= 4 is 23.6 Å². The van der Waals surface area contributed by atoms with Crippen molar-refractivity contribution in [1.82, 2.24) is 5.32 Å². The van der Waals surface area contributed by atoms with Crippen LogP contribution in [0, 0.1) is 11.3 Å². The van der Waals surface area contributed by atoms with E-state index in [9.17, 15) is 10.1 Å². The number of nitrogens with one attached hydrogen (secondary N) is 1. The number of rotatable bonds is 8. The van der Waals surface area contributed by atoms with Crippen LogP contribution in [0.5, 0.6) is 11.5 Å². The fourth-order valence-electron chi connectivity index (χ4n) is 2.28. The van der Waals surface area contributed by atoms with E-state index in [4.69, 9.17) is 21.1 Å². The van der Waals surface area contributed by atoms with Crippen LogP contribution in [-0.4, -0.2) is 19.6 Å². The molecule has 0 bridgehead atoms. The monoisotopic (exact) mass is 384 g/mol. The van der Waals surface area contributed by atoms with Gasteiger partial charge in [-0.3, -0.25) is 4.79 Å². The number of nitriles is 1. The molecular formula is C21H21ClN2O3. The normalized spacial score (nSPS) is 10.8. The van der Waals surface area contributed by atoms with E-state index in [-0.39, 0.29) is 11.5 Å². The van der Waals surface area contributed by atoms with Crippen LogP contribution in [0.1, 0.15) is 24.5 Å². The number of ether oxygens (including phenoxy) is 2. The quantitative estimate of drug-likeness (QED) is 0.542. The number of hydrogen-bond acceptors (Lipinski definition) is 4. The number of carbonyl (C=O) groups is 1. The van der Waals surface area contributed by atoms with Gasteiger partial charge in [-0.1, -0.05) is 36.7 Å². The molecular weight excluding hydrogens is 364 g/mol. The number of benzene rings is 2. The molecule has 1 N–H and O–H groups in total. The predicted molar refractivity (Wildman–Crippen MR) is 106 cm³/mol. The first-order valence-corrected chi connectivity index (χ1v) is 8.90. The molecule has 0 atom stereocenters. The molecule has 2 aromatic carbocycles. The molecule has 0 spiro atoms. The van der Waals surface area contributed by atoms with Crippen molar-refractivity contribution in [3.63, 3.8) is 0 Å². The van der Waals surface area contributed by atoms with Gasteiger partial charge in [0.15, 0.2) is 11.5 Å². The summed E-state index contributed by atoms with van der Waals surface area (Å²) in [7, 11) is 1.54. The maximum absolute atomic E-state index is 12.0. The lowest BCUT2D eigenvalue weighted by Gasteiger charge is -2.12. The van der Waals surface area contributed by atoms with Gasteiger partial charge in [-0.15, -0.1) is 0 Å². The lowest BCUT2D eigenvalue weighted by atomic mass is 10.1. The molecule has 0 aliphatic rings. The summed E-state index contributed by atoms with van der Waals surface area (Å²) >= 11 is 5.88. The minimum absolute atomic E-state index is 0.0420. The van der Waals surface area contributed by atoms with E-state index >= 15 is 0 Å². The van der Waals surface area contributed by atoms with Gasteiger partial charge in [0.25, 0.3) is 5.91 Å². The highest BCUT2D eigenvalue weighted by molar-refractivity contribution is 6.30. The minimum Gasteiger partial charge on any atom is -0.493 e. The van der Waals surface area contributed by atoms with Crippen molar-refractivity contribution in [3.05, 3.63) is 64.2 Å². The molecule has 140 valence electrons. The number of hydrogen-bond donors (Lipinski definition) is 1. The SMILES string of the molecule is CCCNC(=O)/C(C#N)=C/c1ccc(OCc2ccc(Cl)cc2)c(OC)c1. The van der Waals surface area contributed by atoms with E-state index in [0.717, 1.165) is 12.0 Å². The van der Waals surface area contributed by atoms with Crippen LogP contribution in [0.2, 0.25) is 5.02 Å². The van der Waals surface area contributed by atoms with Crippen LogP contribution >= 0.6 is 11.6 Å². The van der Waals surface area contributed by atoms with E-state index < -0.39 is 0 Å².